The summed E-state index contributed by atoms with van der Waals surface area (Å²) in [5, 5.41) is 7.69. The lowest BCUT2D eigenvalue weighted by Crippen LogP contribution is -2.49. The summed E-state index contributed by atoms with van der Waals surface area (Å²) in [6.45, 7) is 0.656. The molecule has 4 N–H and O–H groups in total. The Balaban J connectivity index is 0.00000442. The average molecular weight is 616 g/mol. The van der Waals surface area contributed by atoms with Gasteiger partial charge in [-0.1, -0.05) is 91.0 Å². The lowest BCUT2D eigenvalue weighted by atomic mass is 9.98. The van der Waals surface area contributed by atoms with Crippen molar-refractivity contribution in [3.05, 3.63) is 108 Å². The molecule has 1 aliphatic carbocycles. The minimum absolute atomic E-state index is 0. The maximum absolute atomic E-state index is 12.8. The largest absolute Gasteiger partial charge is 0.467 e. The summed E-state index contributed by atoms with van der Waals surface area (Å²) < 4.78 is 10.5. The Morgan fingerprint density at radius 1 is 0.841 bits per heavy atom. The summed E-state index contributed by atoms with van der Waals surface area (Å²) in [5.74, 6) is -0.939. The Kier molecular flexibility index (Phi) is 11.4. The van der Waals surface area contributed by atoms with Crippen LogP contribution in [0.4, 0.5) is 4.79 Å². The number of esters is 1. The molecule has 2 amide bonds. The predicted octanol–water partition coefficient (Wildman–Crippen LogP) is 5.50. The van der Waals surface area contributed by atoms with Crippen LogP contribution in [0.15, 0.2) is 91.0 Å². The molecule has 0 bridgehead atoms. The monoisotopic (exact) mass is 615 g/mol. The van der Waals surface area contributed by atoms with E-state index < -0.39 is 30.1 Å². The van der Waals surface area contributed by atoms with Crippen LogP contribution >= 0.6 is 12.4 Å². The fourth-order valence-corrected chi connectivity index (χ4v) is 5.68. The van der Waals surface area contributed by atoms with Crippen molar-refractivity contribution >= 4 is 41.1 Å². The van der Waals surface area contributed by atoms with Gasteiger partial charge in [-0.2, -0.15) is 0 Å². The highest BCUT2D eigenvalue weighted by Crippen LogP contribution is 2.44. The second-order valence-corrected chi connectivity index (χ2v) is 10.8. The number of hydrogen-bond donors (Lipinski definition) is 3. The van der Waals surface area contributed by atoms with Crippen LogP contribution in [-0.4, -0.2) is 50.3 Å². The molecule has 0 radical (unpaired) electrons. The molecular formula is C35H38ClN3O5. The fourth-order valence-electron chi connectivity index (χ4n) is 5.68. The van der Waals surface area contributed by atoms with Crippen molar-refractivity contribution in [3.8, 4) is 11.1 Å². The Morgan fingerprint density at radius 2 is 1.48 bits per heavy atom. The van der Waals surface area contributed by atoms with Gasteiger partial charge in [-0.15, -0.1) is 12.4 Å². The van der Waals surface area contributed by atoms with Crippen molar-refractivity contribution in [2.45, 2.75) is 43.7 Å². The maximum atomic E-state index is 12.8. The number of nitrogens with two attached hydrogens (primary N) is 1. The number of carbonyl (C=O) groups excluding carboxylic acids is 3. The number of methoxy groups -OCH3 is 1. The zero-order chi connectivity index (χ0) is 30.2. The highest BCUT2D eigenvalue weighted by molar-refractivity contribution is 5.88. The number of rotatable bonds is 12. The third-order valence-electron chi connectivity index (χ3n) is 7.95. The first-order chi connectivity index (χ1) is 20.9. The number of halogens is 1. The molecule has 0 saturated carbocycles. The molecule has 44 heavy (non-hydrogen) atoms. The first-order valence-corrected chi connectivity index (χ1v) is 14.6. The van der Waals surface area contributed by atoms with Crippen LogP contribution in [0.3, 0.4) is 0 Å². The maximum Gasteiger partial charge on any atom is 0.407 e. The van der Waals surface area contributed by atoms with Gasteiger partial charge in [0.05, 0.1) is 13.2 Å². The van der Waals surface area contributed by atoms with Gasteiger partial charge in [0.1, 0.15) is 12.6 Å². The van der Waals surface area contributed by atoms with Crippen molar-refractivity contribution in [1.29, 1.82) is 0 Å². The Bertz CT molecular complexity index is 1560. The zero-order valence-electron chi connectivity index (χ0n) is 24.7. The molecular weight excluding hydrogens is 578 g/mol. The molecule has 1 aliphatic rings. The van der Waals surface area contributed by atoms with E-state index in [1.807, 2.05) is 66.7 Å². The standard InChI is InChI=1S/C35H37N3O5.ClH/c1-42-34(40)32(21-23-17-18-24-10-2-3-11-25(24)20-23)38-33(39)31(36)16-8-9-19-37-35(41)43-22-30-28-14-6-4-12-26(28)27-13-5-7-15-29(27)30;/h2-7,10-15,17-18,20,30-32H,8-9,16,19,21-22,36H2,1H3,(H,37,41)(H,38,39);1H/t31-,32-;/m0./s1. The van der Waals surface area contributed by atoms with E-state index in [9.17, 15) is 14.4 Å². The summed E-state index contributed by atoms with van der Waals surface area (Å²) >= 11 is 0. The third kappa shape index (κ3) is 7.75. The van der Waals surface area contributed by atoms with E-state index in [4.69, 9.17) is 15.2 Å². The fraction of sp³-hybridized carbons (Fsp3) is 0.286. The summed E-state index contributed by atoms with van der Waals surface area (Å²) in [7, 11) is 1.30. The van der Waals surface area contributed by atoms with Crippen LogP contribution in [0.5, 0.6) is 0 Å². The quantitative estimate of drug-likeness (QED) is 0.143. The van der Waals surface area contributed by atoms with Gasteiger partial charge in [0.15, 0.2) is 0 Å². The minimum atomic E-state index is -0.847. The van der Waals surface area contributed by atoms with E-state index in [1.165, 1.54) is 18.2 Å². The van der Waals surface area contributed by atoms with E-state index in [2.05, 4.69) is 34.9 Å². The number of alkyl carbamates (subject to hydrolysis) is 1. The molecule has 0 spiro atoms. The summed E-state index contributed by atoms with van der Waals surface area (Å²) in [4.78, 5) is 37.6. The lowest BCUT2D eigenvalue weighted by molar-refractivity contribution is -0.145. The predicted molar refractivity (Wildman–Crippen MR) is 174 cm³/mol. The molecule has 0 unspecified atom stereocenters. The number of fused-ring (bicyclic) bond motifs is 4. The molecule has 0 aliphatic heterocycles. The van der Waals surface area contributed by atoms with Gasteiger partial charge < -0.3 is 25.8 Å². The zero-order valence-corrected chi connectivity index (χ0v) is 25.5. The number of benzene rings is 4. The van der Waals surface area contributed by atoms with Crippen LogP contribution in [-0.2, 0) is 25.5 Å². The van der Waals surface area contributed by atoms with E-state index in [-0.39, 0.29) is 24.9 Å². The smallest absolute Gasteiger partial charge is 0.407 e. The molecule has 0 saturated heterocycles. The van der Waals surface area contributed by atoms with Crippen LogP contribution in [0.25, 0.3) is 21.9 Å². The second kappa shape index (κ2) is 15.4. The minimum Gasteiger partial charge on any atom is -0.467 e. The van der Waals surface area contributed by atoms with Crippen molar-refractivity contribution in [1.82, 2.24) is 10.6 Å². The van der Waals surface area contributed by atoms with Gasteiger partial charge in [0.25, 0.3) is 0 Å². The molecule has 4 aromatic rings. The third-order valence-corrected chi connectivity index (χ3v) is 7.95. The first-order valence-electron chi connectivity index (χ1n) is 14.6. The molecule has 0 aromatic heterocycles. The van der Waals surface area contributed by atoms with Crippen molar-refractivity contribution < 1.29 is 23.9 Å². The second-order valence-electron chi connectivity index (χ2n) is 10.8. The van der Waals surface area contributed by atoms with Gasteiger partial charge in [0.2, 0.25) is 5.91 Å². The highest BCUT2D eigenvalue weighted by Gasteiger charge is 2.29. The number of carbonyl (C=O) groups is 3. The molecule has 9 heteroatoms. The SMILES string of the molecule is COC(=O)[C@H](Cc1ccc2ccccc2c1)NC(=O)[C@@H](N)CCCCNC(=O)OCC1c2ccccc2-c2ccccc21.Cl. The first kappa shape index (κ1) is 32.5. The molecule has 4 aromatic carbocycles. The normalized spacial score (nSPS) is 13.1. The summed E-state index contributed by atoms with van der Waals surface area (Å²) in [5.41, 5.74) is 11.7. The Labute approximate surface area is 263 Å². The van der Waals surface area contributed by atoms with E-state index in [0.29, 0.717) is 32.2 Å². The Morgan fingerprint density at radius 3 is 2.16 bits per heavy atom. The highest BCUT2D eigenvalue weighted by atomic mass is 35.5. The Hall–Kier alpha value is -4.40. The molecule has 2 atom stereocenters. The van der Waals surface area contributed by atoms with Gasteiger partial charge in [-0.25, -0.2) is 9.59 Å². The van der Waals surface area contributed by atoms with E-state index >= 15 is 0 Å². The lowest BCUT2D eigenvalue weighted by Gasteiger charge is -2.19. The van der Waals surface area contributed by atoms with E-state index in [0.717, 1.165) is 27.5 Å². The summed E-state index contributed by atoms with van der Waals surface area (Å²) in [6.07, 6.45) is 1.47. The van der Waals surface area contributed by atoms with Crippen LogP contribution in [0, 0.1) is 0 Å². The van der Waals surface area contributed by atoms with Gasteiger partial charge in [-0.05, 0) is 57.9 Å². The number of nitrogens with one attached hydrogen (secondary N) is 2. The van der Waals surface area contributed by atoms with Crippen molar-refractivity contribution in [2.24, 2.45) is 5.73 Å². The molecule has 230 valence electrons. The number of ether oxygens (including phenoxy) is 2. The topological polar surface area (TPSA) is 120 Å². The van der Waals surface area contributed by atoms with Crippen molar-refractivity contribution in [2.75, 3.05) is 20.3 Å². The molecule has 0 fully saturated rings. The van der Waals surface area contributed by atoms with Crippen LogP contribution < -0.4 is 16.4 Å². The van der Waals surface area contributed by atoms with Crippen molar-refractivity contribution in [3.63, 3.8) is 0 Å². The van der Waals surface area contributed by atoms with E-state index in [1.54, 1.807) is 0 Å². The molecule has 5 rings (SSSR count). The number of hydrogen-bond acceptors (Lipinski definition) is 6. The van der Waals surface area contributed by atoms with Crippen LogP contribution in [0.1, 0.15) is 41.9 Å². The molecule has 8 nitrogen and oxygen atoms in total. The van der Waals surface area contributed by atoms with Gasteiger partial charge in [0, 0.05) is 18.9 Å². The number of amides is 2. The van der Waals surface area contributed by atoms with Crippen LogP contribution in [0.2, 0.25) is 0 Å². The number of unbranched alkanes of at least 4 members (excludes halogenated alkanes) is 1. The van der Waals surface area contributed by atoms with Gasteiger partial charge in [-0.3, -0.25) is 4.79 Å². The van der Waals surface area contributed by atoms with Gasteiger partial charge >= 0.3 is 12.1 Å². The summed E-state index contributed by atoms with van der Waals surface area (Å²) in [6, 6.07) is 28.6. The average Bonchev–Trinajstić information content (AvgIpc) is 3.36. The molecule has 0 heterocycles.